The highest BCUT2D eigenvalue weighted by molar-refractivity contribution is 7.84. The van der Waals surface area contributed by atoms with Crippen LogP contribution in [0, 0.1) is 5.82 Å². The van der Waals surface area contributed by atoms with Crippen molar-refractivity contribution in [2.75, 3.05) is 0 Å². The molecule has 0 radical (unpaired) electrons. The minimum atomic E-state index is -1.41. The summed E-state index contributed by atoms with van der Waals surface area (Å²) in [5, 5.41) is 0. The molecule has 4 heteroatoms. The minimum Gasteiger partial charge on any atom is -0.234 e. The third-order valence-corrected chi connectivity index (χ3v) is 4.48. The van der Waals surface area contributed by atoms with Crippen LogP contribution in [-0.2, 0) is 15.7 Å². The van der Waals surface area contributed by atoms with E-state index in [1.54, 1.807) is 12.1 Å². The summed E-state index contributed by atoms with van der Waals surface area (Å²) in [5.41, 5.74) is 1.69. The first-order chi connectivity index (χ1) is 9.50. The maximum atomic E-state index is 12.8. The van der Waals surface area contributed by atoms with Crippen molar-refractivity contribution in [1.82, 2.24) is 0 Å². The zero-order valence-corrected chi connectivity index (χ0v) is 12.2. The van der Waals surface area contributed by atoms with Crippen molar-refractivity contribution in [2.24, 2.45) is 4.40 Å². The fourth-order valence-corrected chi connectivity index (χ4v) is 2.55. The average Bonchev–Trinajstić information content (AvgIpc) is 2.47. The lowest BCUT2D eigenvalue weighted by molar-refractivity contribution is 0.628. The molecular weight excluding hydrogens is 273 g/mol. The lowest BCUT2D eigenvalue weighted by Crippen LogP contribution is -2.22. The summed E-state index contributed by atoms with van der Waals surface area (Å²) >= 11 is 0. The fraction of sp³-hybridized carbons (Fsp3) is 0.188. The van der Waals surface area contributed by atoms with Gasteiger partial charge < -0.3 is 0 Å². The summed E-state index contributed by atoms with van der Waals surface area (Å²) in [4.78, 5) is 0. The van der Waals surface area contributed by atoms with E-state index in [0.717, 1.165) is 11.1 Å². The molecule has 0 N–H and O–H groups in total. The lowest BCUT2D eigenvalue weighted by atomic mass is 10.0. The van der Waals surface area contributed by atoms with E-state index in [4.69, 9.17) is 0 Å². The number of nitrogens with zero attached hydrogens (tertiary/aromatic N) is 1. The van der Waals surface area contributed by atoms with E-state index in [1.165, 1.54) is 18.3 Å². The van der Waals surface area contributed by atoms with E-state index in [2.05, 4.69) is 4.40 Å². The molecule has 2 aromatic carbocycles. The molecule has 0 aromatic heterocycles. The Bertz CT molecular complexity index is 621. The van der Waals surface area contributed by atoms with Crippen molar-refractivity contribution in [3.8, 4) is 0 Å². The Morgan fingerprint density at radius 1 is 1.05 bits per heavy atom. The summed E-state index contributed by atoms with van der Waals surface area (Å²) in [6, 6.07) is 15.5. The number of benzene rings is 2. The third-order valence-electron chi connectivity index (χ3n) is 3.07. The van der Waals surface area contributed by atoms with Crippen LogP contribution in [0.15, 0.2) is 59.0 Å². The van der Waals surface area contributed by atoms with Crippen molar-refractivity contribution < 1.29 is 8.60 Å². The maximum Gasteiger partial charge on any atom is 0.149 e. The van der Waals surface area contributed by atoms with Gasteiger partial charge in [-0.1, -0.05) is 42.5 Å². The van der Waals surface area contributed by atoms with Gasteiger partial charge in [0.25, 0.3) is 0 Å². The van der Waals surface area contributed by atoms with Crippen molar-refractivity contribution in [3.05, 3.63) is 71.5 Å². The van der Waals surface area contributed by atoms with Crippen LogP contribution in [0.25, 0.3) is 0 Å². The predicted molar refractivity (Wildman–Crippen MR) is 81.6 cm³/mol. The summed E-state index contributed by atoms with van der Waals surface area (Å²) in [6.45, 7) is 3.78. The largest absolute Gasteiger partial charge is 0.234 e. The number of hydrogen-bond acceptors (Lipinski definition) is 1. The molecule has 0 amide bonds. The van der Waals surface area contributed by atoms with Gasteiger partial charge in [0.1, 0.15) is 16.8 Å². The summed E-state index contributed by atoms with van der Waals surface area (Å²) in [6.07, 6.45) is 1.51. The zero-order chi connectivity index (χ0) is 14.6. The van der Waals surface area contributed by atoms with Gasteiger partial charge in [-0.3, -0.25) is 0 Å². The van der Waals surface area contributed by atoms with Gasteiger partial charge in [0.15, 0.2) is 0 Å². The molecule has 104 valence electrons. The monoisotopic (exact) mass is 289 g/mol. The van der Waals surface area contributed by atoms with Gasteiger partial charge in [0, 0.05) is 6.21 Å². The SMILES string of the molecule is CC(C)(c1ccccc1)S(=O)/N=C/c1ccc(F)cc1. The highest BCUT2D eigenvalue weighted by Crippen LogP contribution is 2.27. The van der Waals surface area contributed by atoms with Crippen molar-refractivity contribution in [1.29, 1.82) is 0 Å². The molecular formula is C16H16FNOS. The standard InChI is InChI=1S/C16H16FNOS/c1-16(2,14-6-4-3-5-7-14)20(19)18-12-13-8-10-15(17)11-9-13/h3-12H,1-2H3/b18-12+. The number of halogens is 1. The molecule has 2 nitrogen and oxygen atoms in total. The van der Waals surface area contributed by atoms with E-state index >= 15 is 0 Å². The Morgan fingerprint density at radius 3 is 2.25 bits per heavy atom. The molecule has 2 aromatic rings. The van der Waals surface area contributed by atoms with E-state index in [-0.39, 0.29) is 5.82 Å². The Balaban J connectivity index is 2.17. The highest BCUT2D eigenvalue weighted by Gasteiger charge is 2.27. The second-order valence-electron chi connectivity index (χ2n) is 4.91. The second-order valence-corrected chi connectivity index (χ2v) is 6.64. The van der Waals surface area contributed by atoms with Crippen LogP contribution in [0.1, 0.15) is 25.0 Å². The van der Waals surface area contributed by atoms with Crippen LogP contribution in [0.2, 0.25) is 0 Å². The normalized spacial score (nSPS) is 13.6. The lowest BCUT2D eigenvalue weighted by Gasteiger charge is -2.21. The molecule has 0 saturated heterocycles. The molecule has 0 bridgehead atoms. The topological polar surface area (TPSA) is 29.4 Å². The molecule has 0 spiro atoms. The van der Waals surface area contributed by atoms with E-state index < -0.39 is 15.7 Å². The summed E-state index contributed by atoms with van der Waals surface area (Å²) in [5.74, 6) is -0.298. The van der Waals surface area contributed by atoms with Crippen LogP contribution in [0.5, 0.6) is 0 Å². The smallest absolute Gasteiger partial charge is 0.149 e. The van der Waals surface area contributed by atoms with Gasteiger partial charge in [0.2, 0.25) is 0 Å². The zero-order valence-electron chi connectivity index (χ0n) is 11.4. The molecule has 1 atom stereocenters. The Labute approximate surface area is 121 Å². The first-order valence-corrected chi connectivity index (χ1v) is 7.38. The van der Waals surface area contributed by atoms with Gasteiger partial charge in [-0.05, 0) is 37.1 Å². The van der Waals surface area contributed by atoms with Gasteiger partial charge in [-0.15, -0.1) is 0 Å². The van der Waals surface area contributed by atoms with Crippen LogP contribution in [0.3, 0.4) is 0 Å². The van der Waals surface area contributed by atoms with Crippen molar-refractivity contribution in [3.63, 3.8) is 0 Å². The number of rotatable bonds is 4. The number of hydrogen-bond donors (Lipinski definition) is 0. The minimum absolute atomic E-state index is 0.298. The second kappa shape index (κ2) is 6.09. The summed E-state index contributed by atoms with van der Waals surface area (Å²) in [7, 11) is -1.41. The molecule has 20 heavy (non-hydrogen) atoms. The Morgan fingerprint density at radius 2 is 1.65 bits per heavy atom. The van der Waals surface area contributed by atoms with E-state index in [1.807, 2.05) is 44.2 Å². The molecule has 0 fully saturated rings. The first kappa shape index (κ1) is 14.6. The van der Waals surface area contributed by atoms with Crippen LogP contribution in [0.4, 0.5) is 4.39 Å². The predicted octanol–water partition coefficient (Wildman–Crippen LogP) is 3.84. The quantitative estimate of drug-likeness (QED) is 0.786. The van der Waals surface area contributed by atoms with Crippen LogP contribution < -0.4 is 0 Å². The third kappa shape index (κ3) is 3.39. The maximum absolute atomic E-state index is 12.8. The fourth-order valence-electron chi connectivity index (χ4n) is 1.73. The molecule has 0 aliphatic carbocycles. The van der Waals surface area contributed by atoms with E-state index in [9.17, 15) is 8.60 Å². The molecule has 2 rings (SSSR count). The summed E-state index contributed by atoms with van der Waals surface area (Å²) < 4.78 is 28.7. The van der Waals surface area contributed by atoms with Gasteiger partial charge in [-0.25, -0.2) is 8.60 Å². The van der Waals surface area contributed by atoms with Crippen molar-refractivity contribution in [2.45, 2.75) is 18.6 Å². The van der Waals surface area contributed by atoms with Crippen LogP contribution >= 0.6 is 0 Å². The molecule has 0 saturated carbocycles. The van der Waals surface area contributed by atoms with Gasteiger partial charge in [-0.2, -0.15) is 4.40 Å². The molecule has 0 aliphatic rings. The average molecular weight is 289 g/mol. The molecule has 0 aliphatic heterocycles. The van der Waals surface area contributed by atoms with E-state index in [0.29, 0.717) is 0 Å². The first-order valence-electron chi connectivity index (χ1n) is 6.27. The highest BCUT2D eigenvalue weighted by atomic mass is 32.2. The molecule has 1 unspecified atom stereocenters. The Hall–Kier alpha value is -1.81. The van der Waals surface area contributed by atoms with Gasteiger partial charge >= 0.3 is 0 Å². The Kier molecular flexibility index (Phi) is 4.45. The van der Waals surface area contributed by atoms with Gasteiger partial charge in [0.05, 0.1) is 4.75 Å². The van der Waals surface area contributed by atoms with Crippen LogP contribution in [-0.4, -0.2) is 10.4 Å². The van der Waals surface area contributed by atoms with Crippen molar-refractivity contribution >= 4 is 17.2 Å². The molecule has 0 heterocycles.